The van der Waals surface area contributed by atoms with Gasteiger partial charge in [-0.1, -0.05) is 36.8 Å². The number of hydrogen-bond donors (Lipinski definition) is 0. The number of aryl methyl sites for hydroxylation is 2. The molecular formula is C22H29N5O2. The molecule has 0 unspecified atom stereocenters. The molecule has 0 amide bonds. The van der Waals surface area contributed by atoms with Crippen molar-refractivity contribution in [3.63, 3.8) is 0 Å². The molecule has 3 aromatic rings. The van der Waals surface area contributed by atoms with Crippen LogP contribution in [0.3, 0.4) is 0 Å². The minimum Gasteiger partial charge on any atom is -0.317 e. The number of hydrogen-bond acceptors (Lipinski definition) is 4. The summed E-state index contributed by atoms with van der Waals surface area (Å²) < 4.78 is 4.65. The zero-order chi connectivity index (χ0) is 20.7. The molecule has 1 aromatic carbocycles. The normalized spacial score (nSPS) is 17.9. The Bertz CT molecular complexity index is 1150. The molecule has 1 aliphatic rings. The first-order valence-corrected chi connectivity index (χ1v) is 10.3. The summed E-state index contributed by atoms with van der Waals surface area (Å²) in [4.78, 5) is 32.6. The second-order valence-electron chi connectivity index (χ2n) is 8.46. The maximum absolute atomic E-state index is 13.0. The molecule has 29 heavy (non-hydrogen) atoms. The molecule has 0 aliphatic carbocycles. The number of likely N-dealkylation sites (tertiary alicyclic amines) is 1. The summed E-state index contributed by atoms with van der Waals surface area (Å²) in [6.07, 6.45) is 2.44. The minimum absolute atomic E-state index is 0.291. The van der Waals surface area contributed by atoms with Crippen molar-refractivity contribution in [2.75, 3.05) is 13.1 Å². The number of rotatable bonds is 4. The Hall–Kier alpha value is -2.67. The second kappa shape index (κ2) is 7.63. The monoisotopic (exact) mass is 395 g/mol. The van der Waals surface area contributed by atoms with Crippen LogP contribution in [0.15, 0.2) is 33.9 Å². The van der Waals surface area contributed by atoms with Gasteiger partial charge < -0.3 is 4.57 Å². The zero-order valence-corrected chi connectivity index (χ0v) is 17.7. The molecule has 1 saturated heterocycles. The van der Waals surface area contributed by atoms with E-state index in [4.69, 9.17) is 4.98 Å². The van der Waals surface area contributed by atoms with Crippen LogP contribution in [-0.4, -0.2) is 36.7 Å². The molecule has 4 rings (SSSR count). The molecule has 7 heteroatoms. The summed E-state index contributed by atoms with van der Waals surface area (Å²) in [6.45, 7) is 7.65. The van der Waals surface area contributed by atoms with Crippen molar-refractivity contribution >= 4 is 11.2 Å². The van der Waals surface area contributed by atoms with Gasteiger partial charge in [-0.2, -0.15) is 0 Å². The van der Waals surface area contributed by atoms with Gasteiger partial charge in [0.25, 0.3) is 5.56 Å². The fourth-order valence-corrected chi connectivity index (χ4v) is 4.29. The summed E-state index contributed by atoms with van der Waals surface area (Å²) in [7, 11) is 3.21. The Morgan fingerprint density at radius 2 is 1.79 bits per heavy atom. The lowest BCUT2D eigenvalue weighted by Crippen LogP contribution is -2.37. The van der Waals surface area contributed by atoms with Crippen molar-refractivity contribution in [2.45, 2.75) is 39.8 Å². The maximum Gasteiger partial charge on any atom is 0.332 e. The van der Waals surface area contributed by atoms with Crippen LogP contribution in [-0.2, 0) is 27.2 Å². The highest BCUT2D eigenvalue weighted by molar-refractivity contribution is 5.71. The lowest BCUT2D eigenvalue weighted by Gasteiger charge is -2.30. The fraction of sp³-hybridized carbons (Fsp3) is 0.500. The highest BCUT2D eigenvalue weighted by atomic mass is 16.2. The predicted molar refractivity (Wildman–Crippen MR) is 114 cm³/mol. The first-order chi connectivity index (χ1) is 13.8. The Morgan fingerprint density at radius 1 is 1.07 bits per heavy atom. The molecule has 0 N–H and O–H groups in total. The molecule has 0 saturated carbocycles. The van der Waals surface area contributed by atoms with E-state index in [0.29, 0.717) is 30.2 Å². The molecular weight excluding hydrogens is 366 g/mol. The van der Waals surface area contributed by atoms with E-state index in [1.54, 1.807) is 7.05 Å². The third kappa shape index (κ3) is 3.67. The standard InChI is InChI=1S/C22H29N5O2/c1-15-7-9-17(10-8-15)13-27-18(14-26-11-5-6-16(2)12-26)23-20-19(27)21(28)25(4)22(29)24(20)3/h7-10,16H,5-6,11-14H2,1-4H3/t16-/m1/s1. The van der Waals surface area contributed by atoms with E-state index in [1.165, 1.54) is 34.6 Å². The molecule has 0 bridgehead atoms. The lowest BCUT2D eigenvalue weighted by atomic mass is 10.0. The van der Waals surface area contributed by atoms with E-state index in [9.17, 15) is 9.59 Å². The van der Waals surface area contributed by atoms with E-state index < -0.39 is 0 Å². The van der Waals surface area contributed by atoms with Gasteiger partial charge in [-0.3, -0.25) is 18.8 Å². The maximum atomic E-state index is 13.0. The number of benzene rings is 1. The summed E-state index contributed by atoms with van der Waals surface area (Å²) >= 11 is 0. The van der Waals surface area contributed by atoms with Crippen LogP contribution < -0.4 is 11.2 Å². The van der Waals surface area contributed by atoms with Gasteiger partial charge in [-0.05, 0) is 37.8 Å². The van der Waals surface area contributed by atoms with Crippen LogP contribution in [0.4, 0.5) is 0 Å². The van der Waals surface area contributed by atoms with E-state index in [2.05, 4.69) is 43.0 Å². The molecule has 7 nitrogen and oxygen atoms in total. The Morgan fingerprint density at radius 3 is 2.48 bits per heavy atom. The Labute approximate surface area is 170 Å². The van der Waals surface area contributed by atoms with Gasteiger partial charge in [0, 0.05) is 27.2 Å². The molecule has 154 valence electrons. The summed E-state index contributed by atoms with van der Waals surface area (Å²) in [5, 5.41) is 0. The van der Waals surface area contributed by atoms with Crippen molar-refractivity contribution in [3.05, 3.63) is 62.1 Å². The molecule has 1 fully saturated rings. The van der Waals surface area contributed by atoms with Gasteiger partial charge in [0.05, 0.1) is 6.54 Å². The first kappa shape index (κ1) is 19.6. The van der Waals surface area contributed by atoms with E-state index in [-0.39, 0.29) is 11.2 Å². The number of imidazole rings is 1. The van der Waals surface area contributed by atoms with Crippen LogP contribution in [0.1, 0.15) is 36.7 Å². The van der Waals surface area contributed by atoms with Crippen LogP contribution in [0.2, 0.25) is 0 Å². The number of nitrogens with zero attached hydrogens (tertiary/aromatic N) is 5. The van der Waals surface area contributed by atoms with Crippen LogP contribution in [0, 0.1) is 12.8 Å². The Kier molecular flexibility index (Phi) is 5.17. The van der Waals surface area contributed by atoms with Crippen molar-refractivity contribution in [1.29, 1.82) is 0 Å². The van der Waals surface area contributed by atoms with Crippen molar-refractivity contribution < 1.29 is 0 Å². The van der Waals surface area contributed by atoms with E-state index >= 15 is 0 Å². The number of piperidine rings is 1. The molecule has 3 heterocycles. The third-order valence-electron chi connectivity index (χ3n) is 5.99. The number of aromatic nitrogens is 4. The van der Waals surface area contributed by atoms with E-state index in [0.717, 1.165) is 24.5 Å². The van der Waals surface area contributed by atoms with Crippen LogP contribution >= 0.6 is 0 Å². The number of fused-ring (bicyclic) bond motifs is 1. The highest BCUT2D eigenvalue weighted by Gasteiger charge is 2.23. The molecule has 2 aromatic heterocycles. The second-order valence-corrected chi connectivity index (χ2v) is 8.46. The van der Waals surface area contributed by atoms with Gasteiger partial charge in [0.1, 0.15) is 5.82 Å². The zero-order valence-electron chi connectivity index (χ0n) is 17.7. The SMILES string of the molecule is Cc1ccc(Cn2c(CN3CCC[C@@H](C)C3)nc3c2c(=O)n(C)c(=O)n3C)cc1. The van der Waals surface area contributed by atoms with Crippen molar-refractivity contribution in [3.8, 4) is 0 Å². The quantitative estimate of drug-likeness (QED) is 0.678. The lowest BCUT2D eigenvalue weighted by molar-refractivity contribution is 0.171. The molecule has 1 atom stereocenters. The summed E-state index contributed by atoms with van der Waals surface area (Å²) in [5.41, 5.74) is 2.63. The largest absolute Gasteiger partial charge is 0.332 e. The van der Waals surface area contributed by atoms with Gasteiger partial charge in [0.2, 0.25) is 0 Å². The smallest absolute Gasteiger partial charge is 0.317 e. The van der Waals surface area contributed by atoms with Gasteiger partial charge >= 0.3 is 5.69 Å². The van der Waals surface area contributed by atoms with Crippen LogP contribution in [0.5, 0.6) is 0 Å². The highest BCUT2D eigenvalue weighted by Crippen LogP contribution is 2.20. The van der Waals surface area contributed by atoms with Gasteiger partial charge in [0.15, 0.2) is 11.2 Å². The van der Waals surface area contributed by atoms with Crippen molar-refractivity contribution in [1.82, 2.24) is 23.6 Å². The van der Waals surface area contributed by atoms with Crippen molar-refractivity contribution in [2.24, 2.45) is 20.0 Å². The molecule has 1 aliphatic heterocycles. The third-order valence-corrected chi connectivity index (χ3v) is 5.99. The fourth-order valence-electron chi connectivity index (χ4n) is 4.29. The summed E-state index contributed by atoms with van der Waals surface area (Å²) in [5.74, 6) is 1.50. The molecule has 0 radical (unpaired) electrons. The topological polar surface area (TPSA) is 65.1 Å². The first-order valence-electron chi connectivity index (χ1n) is 10.3. The van der Waals surface area contributed by atoms with Gasteiger partial charge in [-0.15, -0.1) is 0 Å². The average molecular weight is 396 g/mol. The summed E-state index contributed by atoms with van der Waals surface area (Å²) in [6, 6.07) is 8.32. The molecule has 0 spiro atoms. The van der Waals surface area contributed by atoms with Crippen LogP contribution in [0.25, 0.3) is 11.2 Å². The predicted octanol–water partition coefficient (Wildman–Crippen LogP) is 2.02. The average Bonchev–Trinajstić information content (AvgIpc) is 3.04. The van der Waals surface area contributed by atoms with Gasteiger partial charge in [-0.25, -0.2) is 9.78 Å². The Balaban J connectivity index is 1.85. The van der Waals surface area contributed by atoms with E-state index in [1.807, 2.05) is 4.57 Å². The minimum atomic E-state index is -0.347.